The van der Waals surface area contributed by atoms with E-state index in [1.165, 1.54) is 12.1 Å². The highest BCUT2D eigenvalue weighted by Gasteiger charge is 2.02. The summed E-state index contributed by atoms with van der Waals surface area (Å²) in [6, 6.07) is 10.4. The summed E-state index contributed by atoms with van der Waals surface area (Å²) in [5.41, 5.74) is 1.82. The Kier molecular flexibility index (Phi) is 3.74. The second-order valence-electron chi connectivity index (χ2n) is 3.75. The highest BCUT2D eigenvalue weighted by atomic mass is 79.9. The second kappa shape index (κ2) is 5.27. The number of halogens is 2. The molecule has 0 spiro atoms. The van der Waals surface area contributed by atoms with Gasteiger partial charge < -0.3 is 5.32 Å². The summed E-state index contributed by atoms with van der Waals surface area (Å²) in [6.45, 7) is 2.47. The molecule has 0 bridgehead atoms. The highest BCUT2D eigenvalue weighted by Crippen LogP contribution is 2.18. The maximum absolute atomic E-state index is 13.1. The number of benzene rings is 1. The molecule has 2 aromatic rings. The molecule has 1 aromatic heterocycles. The first-order chi connectivity index (χ1) is 8.15. The van der Waals surface area contributed by atoms with Crippen molar-refractivity contribution < 1.29 is 4.39 Å². The molecule has 88 valence electrons. The van der Waals surface area contributed by atoms with E-state index in [0.29, 0.717) is 6.54 Å². The Bertz CT molecular complexity index is 529. The van der Waals surface area contributed by atoms with Gasteiger partial charge in [0.25, 0.3) is 0 Å². The lowest BCUT2D eigenvalue weighted by Gasteiger charge is -2.08. The van der Waals surface area contributed by atoms with Crippen molar-refractivity contribution in [1.29, 1.82) is 0 Å². The fourth-order valence-electron chi connectivity index (χ4n) is 1.51. The molecule has 2 nitrogen and oxygen atoms in total. The van der Waals surface area contributed by atoms with Crippen LogP contribution in [0.25, 0.3) is 0 Å². The van der Waals surface area contributed by atoms with Crippen molar-refractivity contribution in [3.05, 3.63) is 57.9 Å². The molecule has 0 aliphatic heterocycles. The summed E-state index contributed by atoms with van der Waals surface area (Å²) in [5.74, 6) is 0.559. The van der Waals surface area contributed by atoms with Gasteiger partial charge in [0.15, 0.2) is 0 Å². The fraction of sp³-hybridized carbons (Fsp3) is 0.154. The Morgan fingerprint density at radius 1 is 1.29 bits per heavy atom. The lowest BCUT2D eigenvalue weighted by atomic mass is 10.2. The lowest BCUT2D eigenvalue weighted by molar-refractivity contribution is 0.625. The van der Waals surface area contributed by atoms with E-state index >= 15 is 0 Å². The summed E-state index contributed by atoms with van der Waals surface area (Å²) < 4.78 is 14.0. The minimum Gasteiger partial charge on any atom is -0.366 e. The van der Waals surface area contributed by atoms with Crippen molar-refractivity contribution in [3.63, 3.8) is 0 Å². The van der Waals surface area contributed by atoms with Gasteiger partial charge in [0, 0.05) is 16.7 Å². The van der Waals surface area contributed by atoms with Crippen LogP contribution in [0, 0.1) is 12.7 Å². The molecule has 1 N–H and O–H groups in total. The normalized spacial score (nSPS) is 10.3. The SMILES string of the molecule is Cc1cccc(NCc2cc(F)ccc2Br)n1. The monoisotopic (exact) mass is 294 g/mol. The van der Waals surface area contributed by atoms with Crippen molar-refractivity contribution in [1.82, 2.24) is 4.98 Å². The Morgan fingerprint density at radius 2 is 2.12 bits per heavy atom. The van der Waals surface area contributed by atoms with Gasteiger partial charge >= 0.3 is 0 Å². The highest BCUT2D eigenvalue weighted by molar-refractivity contribution is 9.10. The zero-order valence-corrected chi connectivity index (χ0v) is 11.0. The van der Waals surface area contributed by atoms with Crippen LogP contribution in [0.5, 0.6) is 0 Å². The predicted octanol–water partition coefficient (Wildman–Crippen LogP) is 3.90. The van der Waals surface area contributed by atoms with Crippen LogP contribution < -0.4 is 5.32 Å². The number of rotatable bonds is 3. The first kappa shape index (κ1) is 12.0. The molecule has 0 radical (unpaired) electrons. The van der Waals surface area contributed by atoms with E-state index in [2.05, 4.69) is 26.2 Å². The Balaban J connectivity index is 2.09. The molecule has 0 atom stereocenters. The zero-order chi connectivity index (χ0) is 12.3. The average Bonchev–Trinajstić information content (AvgIpc) is 2.30. The third-order valence-electron chi connectivity index (χ3n) is 2.36. The van der Waals surface area contributed by atoms with Crippen LogP contribution in [0.15, 0.2) is 40.9 Å². The Labute approximate surface area is 108 Å². The van der Waals surface area contributed by atoms with Gasteiger partial charge in [-0.3, -0.25) is 0 Å². The molecule has 2 rings (SSSR count). The van der Waals surface area contributed by atoms with Crippen molar-refractivity contribution in [2.45, 2.75) is 13.5 Å². The van der Waals surface area contributed by atoms with Gasteiger partial charge in [-0.1, -0.05) is 22.0 Å². The number of hydrogen-bond donors (Lipinski definition) is 1. The molecule has 0 saturated carbocycles. The molecule has 17 heavy (non-hydrogen) atoms. The van der Waals surface area contributed by atoms with Crippen LogP contribution in [0.3, 0.4) is 0 Å². The molecule has 0 unspecified atom stereocenters. The molecule has 0 aliphatic rings. The number of aromatic nitrogens is 1. The number of hydrogen-bond acceptors (Lipinski definition) is 2. The average molecular weight is 295 g/mol. The van der Waals surface area contributed by atoms with E-state index in [9.17, 15) is 4.39 Å². The smallest absolute Gasteiger partial charge is 0.126 e. The fourth-order valence-corrected chi connectivity index (χ4v) is 1.89. The van der Waals surface area contributed by atoms with Gasteiger partial charge in [-0.15, -0.1) is 0 Å². The molecule has 1 aromatic carbocycles. The molecular formula is C13H12BrFN2. The standard InChI is InChI=1S/C13H12BrFN2/c1-9-3-2-4-13(17-9)16-8-10-7-11(15)5-6-12(10)14/h2-7H,8H2,1H3,(H,16,17). The topological polar surface area (TPSA) is 24.9 Å². The molecule has 0 saturated heterocycles. The Hall–Kier alpha value is -1.42. The second-order valence-corrected chi connectivity index (χ2v) is 4.61. The van der Waals surface area contributed by atoms with E-state index in [0.717, 1.165) is 21.5 Å². The molecule has 1 heterocycles. The third-order valence-corrected chi connectivity index (χ3v) is 3.13. The third kappa shape index (κ3) is 3.27. The molecule has 4 heteroatoms. The predicted molar refractivity (Wildman–Crippen MR) is 70.4 cm³/mol. The summed E-state index contributed by atoms with van der Waals surface area (Å²) in [7, 11) is 0. The van der Waals surface area contributed by atoms with Gasteiger partial charge in [-0.25, -0.2) is 9.37 Å². The maximum atomic E-state index is 13.1. The number of anilines is 1. The molecular weight excluding hydrogens is 283 g/mol. The summed E-state index contributed by atoms with van der Waals surface area (Å²) in [5, 5.41) is 3.16. The van der Waals surface area contributed by atoms with Crippen LogP contribution in [-0.2, 0) is 6.54 Å². The molecule has 0 aliphatic carbocycles. The summed E-state index contributed by atoms with van der Waals surface area (Å²) >= 11 is 3.39. The Morgan fingerprint density at radius 3 is 2.88 bits per heavy atom. The largest absolute Gasteiger partial charge is 0.366 e. The number of nitrogens with zero attached hydrogens (tertiary/aromatic N) is 1. The van der Waals surface area contributed by atoms with Gasteiger partial charge in [-0.2, -0.15) is 0 Å². The lowest BCUT2D eigenvalue weighted by Crippen LogP contribution is -2.02. The minimum absolute atomic E-state index is 0.234. The quantitative estimate of drug-likeness (QED) is 0.928. The summed E-state index contributed by atoms with van der Waals surface area (Å²) in [4.78, 5) is 4.32. The zero-order valence-electron chi connectivity index (χ0n) is 9.37. The number of aryl methyl sites for hydroxylation is 1. The van der Waals surface area contributed by atoms with E-state index in [1.54, 1.807) is 6.07 Å². The van der Waals surface area contributed by atoms with E-state index in [1.807, 2.05) is 25.1 Å². The van der Waals surface area contributed by atoms with Crippen LogP contribution in [0.4, 0.5) is 10.2 Å². The van der Waals surface area contributed by atoms with Crippen molar-refractivity contribution in [2.75, 3.05) is 5.32 Å². The van der Waals surface area contributed by atoms with E-state index in [-0.39, 0.29) is 5.82 Å². The van der Waals surface area contributed by atoms with Crippen molar-refractivity contribution >= 4 is 21.7 Å². The first-order valence-electron chi connectivity index (χ1n) is 5.26. The van der Waals surface area contributed by atoms with Gasteiger partial charge in [0.2, 0.25) is 0 Å². The number of nitrogens with one attached hydrogen (secondary N) is 1. The maximum Gasteiger partial charge on any atom is 0.126 e. The van der Waals surface area contributed by atoms with E-state index < -0.39 is 0 Å². The van der Waals surface area contributed by atoms with Crippen LogP contribution >= 0.6 is 15.9 Å². The van der Waals surface area contributed by atoms with E-state index in [4.69, 9.17) is 0 Å². The first-order valence-corrected chi connectivity index (χ1v) is 6.06. The number of pyridine rings is 1. The van der Waals surface area contributed by atoms with Crippen LogP contribution in [-0.4, -0.2) is 4.98 Å². The molecule has 0 amide bonds. The van der Waals surface area contributed by atoms with Crippen molar-refractivity contribution in [3.8, 4) is 0 Å². The van der Waals surface area contributed by atoms with Crippen LogP contribution in [0.2, 0.25) is 0 Å². The van der Waals surface area contributed by atoms with Gasteiger partial charge in [0.1, 0.15) is 11.6 Å². The van der Waals surface area contributed by atoms with Gasteiger partial charge in [-0.05, 0) is 42.8 Å². The van der Waals surface area contributed by atoms with Crippen molar-refractivity contribution in [2.24, 2.45) is 0 Å². The molecule has 0 fully saturated rings. The summed E-state index contributed by atoms with van der Waals surface area (Å²) in [6.07, 6.45) is 0. The minimum atomic E-state index is -0.234. The van der Waals surface area contributed by atoms with Crippen LogP contribution in [0.1, 0.15) is 11.3 Å². The van der Waals surface area contributed by atoms with Gasteiger partial charge in [0.05, 0.1) is 0 Å².